The predicted octanol–water partition coefficient (Wildman–Crippen LogP) is 5.47. The van der Waals surface area contributed by atoms with Crippen LogP contribution in [0.5, 0.6) is 11.5 Å². The highest BCUT2D eigenvalue weighted by molar-refractivity contribution is 6.36. The van der Waals surface area contributed by atoms with Crippen molar-refractivity contribution in [2.75, 3.05) is 5.73 Å². The largest absolute Gasteiger partial charge is 0.451 e. The third-order valence-electron chi connectivity index (χ3n) is 3.62. The van der Waals surface area contributed by atoms with Gasteiger partial charge >= 0.3 is 0 Å². The van der Waals surface area contributed by atoms with Crippen molar-refractivity contribution in [2.24, 2.45) is 0 Å². The molecule has 0 saturated carbocycles. The molecule has 28 heavy (non-hydrogen) atoms. The highest BCUT2D eigenvalue weighted by Crippen LogP contribution is 2.40. The highest BCUT2D eigenvalue weighted by Gasteiger charge is 2.19. The first kappa shape index (κ1) is 20.5. The van der Waals surface area contributed by atoms with E-state index in [0.717, 1.165) is 0 Å². The average molecular weight is 464 g/mol. The van der Waals surface area contributed by atoms with Crippen molar-refractivity contribution in [3.63, 3.8) is 0 Å². The lowest BCUT2D eigenvalue weighted by Crippen LogP contribution is -2.24. The SMILES string of the molecule is Nc1cc(Cl)cc(Oc2c(Cl)ccc(CNC(=O)c3nc[nH]c3Cl)c2F)c1Cl. The number of hydrogen-bond acceptors (Lipinski definition) is 4. The smallest absolute Gasteiger partial charge is 0.273 e. The molecular weight excluding hydrogens is 453 g/mol. The first-order valence-corrected chi connectivity index (χ1v) is 9.15. The number of nitrogens with zero attached hydrogens (tertiary/aromatic N) is 1. The molecule has 0 radical (unpaired) electrons. The molecule has 0 aliphatic heterocycles. The summed E-state index contributed by atoms with van der Waals surface area (Å²) in [6.45, 7) is -0.160. The van der Waals surface area contributed by atoms with E-state index >= 15 is 0 Å². The lowest BCUT2D eigenvalue weighted by molar-refractivity contribution is 0.0946. The van der Waals surface area contributed by atoms with Gasteiger partial charge in [0.05, 0.1) is 17.0 Å². The Kier molecular flexibility index (Phi) is 6.20. The van der Waals surface area contributed by atoms with Crippen LogP contribution >= 0.6 is 46.4 Å². The number of amides is 1. The molecule has 0 aliphatic rings. The van der Waals surface area contributed by atoms with Crippen molar-refractivity contribution in [3.05, 3.63) is 67.9 Å². The number of carbonyl (C=O) groups is 1. The van der Waals surface area contributed by atoms with Crippen molar-refractivity contribution in [2.45, 2.75) is 6.54 Å². The van der Waals surface area contributed by atoms with Crippen molar-refractivity contribution in [3.8, 4) is 11.5 Å². The molecule has 1 aromatic heterocycles. The topological polar surface area (TPSA) is 93.0 Å². The Morgan fingerprint density at radius 1 is 1.25 bits per heavy atom. The Labute approximate surface area is 178 Å². The number of ether oxygens (including phenoxy) is 1. The van der Waals surface area contributed by atoms with Gasteiger partial charge < -0.3 is 20.8 Å². The van der Waals surface area contributed by atoms with Gasteiger partial charge in [0, 0.05) is 23.2 Å². The second-order valence-electron chi connectivity index (χ2n) is 5.51. The van der Waals surface area contributed by atoms with Crippen LogP contribution in [0.2, 0.25) is 20.2 Å². The Morgan fingerprint density at radius 3 is 2.68 bits per heavy atom. The van der Waals surface area contributed by atoms with Gasteiger partial charge in [0.1, 0.15) is 15.9 Å². The number of halogens is 5. The summed E-state index contributed by atoms with van der Waals surface area (Å²) in [5.41, 5.74) is 6.01. The van der Waals surface area contributed by atoms with Gasteiger partial charge in [0.2, 0.25) is 0 Å². The van der Waals surface area contributed by atoms with Crippen molar-refractivity contribution < 1.29 is 13.9 Å². The van der Waals surface area contributed by atoms with E-state index in [1.165, 1.54) is 30.6 Å². The lowest BCUT2D eigenvalue weighted by Gasteiger charge is -2.14. The zero-order valence-corrected chi connectivity index (χ0v) is 16.8. The van der Waals surface area contributed by atoms with Gasteiger partial charge in [-0.2, -0.15) is 0 Å². The Morgan fingerprint density at radius 2 is 2.00 bits per heavy atom. The molecule has 0 atom stereocenters. The summed E-state index contributed by atoms with van der Waals surface area (Å²) in [5.74, 6) is -1.60. The molecule has 0 fully saturated rings. The van der Waals surface area contributed by atoms with Crippen LogP contribution in [0.3, 0.4) is 0 Å². The number of anilines is 1. The van der Waals surface area contributed by atoms with Crippen LogP contribution in [0.1, 0.15) is 16.1 Å². The number of nitrogens with two attached hydrogens (primary N) is 1. The fourth-order valence-corrected chi connectivity index (χ4v) is 3.00. The number of rotatable bonds is 5. The van der Waals surface area contributed by atoms with Gasteiger partial charge in [-0.3, -0.25) is 4.79 Å². The first-order valence-electron chi connectivity index (χ1n) is 7.64. The first-order chi connectivity index (χ1) is 13.3. The third kappa shape index (κ3) is 4.28. The van der Waals surface area contributed by atoms with Crippen LogP contribution in [0.4, 0.5) is 10.1 Å². The Hall–Kier alpha value is -2.19. The van der Waals surface area contributed by atoms with Gasteiger partial charge in [-0.15, -0.1) is 0 Å². The summed E-state index contributed by atoms with van der Waals surface area (Å²) < 4.78 is 20.4. The molecular formula is C17H11Cl4FN4O2. The molecule has 1 heterocycles. The fourth-order valence-electron chi connectivity index (χ4n) is 2.27. The molecule has 0 bridgehead atoms. The van der Waals surface area contributed by atoms with Crippen molar-refractivity contribution in [1.82, 2.24) is 15.3 Å². The van der Waals surface area contributed by atoms with E-state index in [2.05, 4.69) is 15.3 Å². The number of aromatic amines is 1. The summed E-state index contributed by atoms with van der Waals surface area (Å²) in [6.07, 6.45) is 1.27. The monoisotopic (exact) mass is 462 g/mol. The molecule has 6 nitrogen and oxygen atoms in total. The van der Waals surface area contributed by atoms with Crippen LogP contribution in [0, 0.1) is 5.82 Å². The summed E-state index contributed by atoms with van der Waals surface area (Å²) in [6, 6.07) is 5.64. The quantitative estimate of drug-likeness (QED) is 0.437. The maximum absolute atomic E-state index is 14.9. The predicted molar refractivity (Wildman–Crippen MR) is 107 cm³/mol. The van der Waals surface area contributed by atoms with Crippen molar-refractivity contribution >= 4 is 58.0 Å². The van der Waals surface area contributed by atoms with E-state index in [4.69, 9.17) is 56.9 Å². The molecule has 3 rings (SSSR count). The molecule has 3 aromatic rings. The van der Waals surface area contributed by atoms with E-state index in [1.54, 1.807) is 0 Å². The second kappa shape index (κ2) is 8.45. The van der Waals surface area contributed by atoms with Crippen LogP contribution in [0.15, 0.2) is 30.6 Å². The average Bonchev–Trinajstić information content (AvgIpc) is 3.07. The zero-order valence-electron chi connectivity index (χ0n) is 13.8. The van der Waals surface area contributed by atoms with Gasteiger partial charge in [-0.1, -0.05) is 52.5 Å². The van der Waals surface area contributed by atoms with Gasteiger partial charge in [0.25, 0.3) is 5.91 Å². The van der Waals surface area contributed by atoms with Gasteiger partial charge in [-0.25, -0.2) is 9.37 Å². The highest BCUT2D eigenvalue weighted by atomic mass is 35.5. The standard InChI is InChI=1S/C17H11Cl4FN4O2/c18-8-3-10(23)12(20)11(4-8)28-15-9(19)2-1-7(13(15)22)5-24-17(27)14-16(21)26-6-25-14/h1-4,6H,5,23H2,(H,24,27)(H,25,26). The minimum atomic E-state index is -0.782. The third-order valence-corrected chi connectivity index (χ3v) is 4.83. The summed E-state index contributed by atoms with van der Waals surface area (Å²) in [7, 11) is 0. The molecule has 0 unspecified atom stereocenters. The maximum atomic E-state index is 14.9. The Balaban J connectivity index is 1.84. The minimum absolute atomic E-state index is 0.00228. The van der Waals surface area contributed by atoms with Crippen molar-refractivity contribution in [1.29, 1.82) is 0 Å². The maximum Gasteiger partial charge on any atom is 0.273 e. The van der Waals surface area contributed by atoms with E-state index in [9.17, 15) is 9.18 Å². The zero-order chi connectivity index (χ0) is 20.4. The Bertz CT molecular complexity index is 1060. The lowest BCUT2D eigenvalue weighted by atomic mass is 10.2. The van der Waals surface area contributed by atoms with Crippen LogP contribution in [0.25, 0.3) is 0 Å². The van der Waals surface area contributed by atoms with Gasteiger partial charge in [0.15, 0.2) is 17.3 Å². The molecule has 2 aromatic carbocycles. The number of aromatic nitrogens is 2. The van der Waals surface area contributed by atoms with Crippen LogP contribution in [-0.2, 0) is 6.54 Å². The number of nitrogens with one attached hydrogen (secondary N) is 2. The summed E-state index contributed by atoms with van der Waals surface area (Å²) in [4.78, 5) is 18.4. The molecule has 1 amide bonds. The number of carbonyl (C=O) groups excluding carboxylic acids is 1. The number of imidazole rings is 1. The number of hydrogen-bond donors (Lipinski definition) is 3. The number of nitrogen functional groups attached to an aromatic ring is 1. The fraction of sp³-hybridized carbons (Fsp3) is 0.0588. The molecule has 146 valence electrons. The van der Waals surface area contributed by atoms with Crippen LogP contribution < -0.4 is 15.8 Å². The number of benzene rings is 2. The molecule has 11 heteroatoms. The molecule has 0 saturated heterocycles. The van der Waals surface area contributed by atoms with Crippen LogP contribution in [-0.4, -0.2) is 15.9 Å². The molecule has 0 spiro atoms. The molecule has 0 aliphatic carbocycles. The van der Waals surface area contributed by atoms with Gasteiger partial charge in [-0.05, 0) is 12.1 Å². The number of H-pyrrole nitrogens is 1. The van der Waals surface area contributed by atoms with E-state index in [0.29, 0.717) is 0 Å². The second-order valence-corrected chi connectivity index (χ2v) is 7.11. The molecule has 4 N–H and O–H groups in total. The van der Waals surface area contributed by atoms with E-state index in [-0.39, 0.29) is 55.2 Å². The normalized spacial score (nSPS) is 10.8. The summed E-state index contributed by atoms with van der Waals surface area (Å²) in [5, 5.41) is 2.90. The van der Waals surface area contributed by atoms with E-state index < -0.39 is 11.7 Å². The minimum Gasteiger partial charge on any atom is -0.451 e. The van der Waals surface area contributed by atoms with E-state index in [1.807, 2.05) is 0 Å². The summed E-state index contributed by atoms with van der Waals surface area (Å²) >= 11 is 23.9.